The Labute approximate surface area is 82.0 Å². The number of carboxylic acid groups (broad SMARTS) is 1. The van der Waals surface area contributed by atoms with E-state index in [0.717, 1.165) is 0 Å². The van der Waals surface area contributed by atoms with Gasteiger partial charge in [-0.2, -0.15) is 0 Å². The van der Waals surface area contributed by atoms with E-state index in [9.17, 15) is 4.79 Å². The molecule has 0 unspecified atom stereocenters. The van der Waals surface area contributed by atoms with E-state index < -0.39 is 12.0 Å². The van der Waals surface area contributed by atoms with Crippen LogP contribution in [0.4, 0.5) is 5.82 Å². The molecule has 0 fully saturated rings. The van der Waals surface area contributed by atoms with Crippen LogP contribution in [0.3, 0.4) is 0 Å². The van der Waals surface area contributed by atoms with Crippen molar-refractivity contribution in [1.82, 2.24) is 4.98 Å². The van der Waals surface area contributed by atoms with Gasteiger partial charge in [0.25, 0.3) is 0 Å². The van der Waals surface area contributed by atoms with Gasteiger partial charge in [-0.15, -0.1) is 0 Å². The summed E-state index contributed by atoms with van der Waals surface area (Å²) < 4.78 is 0. The first-order valence-electron chi connectivity index (χ1n) is 4.27. The summed E-state index contributed by atoms with van der Waals surface area (Å²) in [4.78, 5) is 14.5. The quantitative estimate of drug-likeness (QED) is 0.642. The molecule has 0 amide bonds. The lowest BCUT2D eigenvalue weighted by atomic mass is 10.1. The van der Waals surface area contributed by atoms with E-state index in [-0.39, 0.29) is 6.04 Å². The average Bonchev–Trinajstić information content (AvgIpc) is 2.18. The number of nitrogens with zero attached hydrogens (tertiary/aromatic N) is 1. The maximum absolute atomic E-state index is 10.5. The van der Waals surface area contributed by atoms with Crippen LogP contribution in [-0.2, 0) is 4.79 Å². The molecule has 0 aliphatic rings. The molecule has 0 aliphatic carbocycles. The highest BCUT2D eigenvalue weighted by molar-refractivity contribution is 5.74. The maximum atomic E-state index is 10.5. The third-order valence-electron chi connectivity index (χ3n) is 1.86. The largest absolute Gasteiger partial charge is 0.480 e. The van der Waals surface area contributed by atoms with Gasteiger partial charge < -0.3 is 16.2 Å². The minimum absolute atomic E-state index is 0.359. The van der Waals surface area contributed by atoms with Crippen molar-refractivity contribution in [3.63, 3.8) is 0 Å². The summed E-state index contributed by atoms with van der Waals surface area (Å²) in [7, 11) is 0. The van der Waals surface area contributed by atoms with Crippen LogP contribution < -0.4 is 11.1 Å². The second-order valence-electron chi connectivity index (χ2n) is 3.01. The van der Waals surface area contributed by atoms with Gasteiger partial charge in [0.05, 0.1) is 6.04 Å². The van der Waals surface area contributed by atoms with Crippen molar-refractivity contribution in [2.24, 2.45) is 5.73 Å². The van der Waals surface area contributed by atoms with Gasteiger partial charge in [-0.05, 0) is 19.1 Å². The Kier molecular flexibility index (Phi) is 3.41. The van der Waals surface area contributed by atoms with Crippen molar-refractivity contribution in [2.75, 3.05) is 5.32 Å². The first-order valence-corrected chi connectivity index (χ1v) is 4.27. The molecule has 14 heavy (non-hydrogen) atoms. The molecule has 1 aromatic rings. The summed E-state index contributed by atoms with van der Waals surface area (Å²) in [6.07, 6.45) is 1.63. The van der Waals surface area contributed by atoms with Gasteiger partial charge in [-0.1, -0.05) is 6.07 Å². The molecule has 5 nitrogen and oxygen atoms in total. The Morgan fingerprint density at radius 1 is 1.64 bits per heavy atom. The van der Waals surface area contributed by atoms with Crippen molar-refractivity contribution in [3.05, 3.63) is 24.4 Å². The minimum atomic E-state index is -1.03. The number of pyridine rings is 1. The van der Waals surface area contributed by atoms with Crippen LogP contribution in [-0.4, -0.2) is 28.1 Å². The van der Waals surface area contributed by atoms with E-state index in [4.69, 9.17) is 10.8 Å². The zero-order valence-corrected chi connectivity index (χ0v) is 7.84. The predicted octanol–water partition coefficient (Wildman–Crippen LogP) is 0.294. The summed E-state index contributed by atoms with van der Waals surface area (Å²) in [5.41, 5.74) is 5.42. The van der Waals surface area contributed by atoms with Gasteiger partial charge >= 0.3 is 5.97 Å². The van der Waals surface area contributed by atoms with Crippen molar-refractivity contribution in [2.45, 2.75) is 19.0 Å². The lowest BCUT2D eigenvalue weighted by Crippen LogP contribution is -2.44. The smallest absolute Gasteiger partial charge is 0.322 e. The highest BCUT2D eigenvalue weighted by atomic mass is 16.4. The second kappa shape index (κ2) is 4.57. The summed E-state index contributed by atoms with van der Waals surface area (Å²) in [5, 5.41) is 11.6. The van der Waals surface area contributed by atoms with Gasteiger partial charge in [0.2, 0.25) is 0 Å². The number of hydrogen-bond donors (Lipinski definition) is 3. The minimum Gasteiger partial charge on any atom is -0.480 e. The van der Waals surface area contributed by atoms with E-state index >= 15 is 0 Å². The molecule has 1 aromatic heterocycles. The molecule has 5 heteroatoms. The van der Waals surface area contributed by atoms with Crippen LogP contribution in [0.2, 0.25) is 0 Å². The summed E-state index contributed by atoms with van der Waals surface area (Å²) >= 11 is 0. The molecule has 2 atom stereocenters. The van der Waals surface area contributed by atoms with E-state index in [1.54, 1.807) is 25.3 Å². The molecule has 0 aliphatic heterocycles. The monoisotopic (exact) mass is 195 g/mol. The predicted molar refractivity (Wildman–Crippen MR) is 52.9 cm³/mol. The highest BCUT2D eigenvalue weighted by Gasteiger charge is 2.19. The average molecular weight is 195 g/mol. The highest BCUT2D eigenvalue weighted by Crippen LogP contribution is 2.04. The molecule has 0 saturated heterocycles. The fourth-order valence-corrected chi connectivity index (χ4v) is 0.985. The SMILES string of the molecule is C[C@@H](Nc1ccccn1)[C@H](N)C(=O)O. The Balaban J connectivity index is 2.57. The Bertz CT molecular complexity index is 302. The third-order valence-corrected chi connectivity index (χ3v) is 1.86. The standard InChI is InChI=1S/C9H13N3O2/c1-6(8(10)9(13)14)12-7-4-2-3-5-11-7/h2-6,8H,10H2,1H3,(H,11,12)(H,13,14)/t6-,8+/m1/s1. The van der Waals surface area contributed by atoms with E-state index in [2.05, 4.69) is 10.3 Å². The number of nitrogens with two attached hydrogens (primary N) is 1. The van der Waals surface area contributed by atoms with Crippen LogP contribution in [0.15, 0.2) is 24.4 Å². The summed E-state index contributed by atoms with van der Waals surface area (Å²) in [6, 6.07) is 4.06. The first-order chi connectivity index (χ1) is 6.61. The summed E-state index contributed by atoms with van der Waals surface area (Å²) in [6.45, 7) is 1.70. The molecule has 0 spiro atoms. The Morgan fingerprint density at radius 3 is 2.86 bits per heavy atom. The number of hydrogen-bond acceptors (Lipinski definition) is 4. The lowest BCUT2D eigenvalue weighted by Gasteiger charge is -2.17. The molecule has 1 rings (SSSR count). The number of aliphatic carboxylic acids is 1. The number of rotatable bonds is 4. The zero-order chi connectivity index (χ0) is 10.6. The van der Waals surface area contributed by atoms with E-state index in [0.29, 0.717) is 5.82 Å². The van der Waals surface area contributed by atoms with Gasteiger partial charge in [0.15, 0.2) is 0 Å². The summed E-state index contributed by atoms with van der Waals surface area (Å²) in [5.74, 6) is -0.405. The Morgan fingerprint density at radius 2 is 2.36 bits per heavy atom. The van der Waals surface area contributed by atoms with E-state index in [1.807, 2.05) is 6.07 Å². The first kappa shape index (κ1) is 10.5. The molecule has 0 saturated carbocycles. The normalized spacial score (nSPS) is 14.4. The number of nitrogens with one attached hydrogen (secondary N) is 1. The fourth-order valence-electron chi connectivity index (χ4n) is 0.985. The van der Waals surface area contributed by atoms with E-state index in [1.165, 1.54) is 0 Å². The van der Waals surface area contributed by atoms with Gasteiger partial charge in [-0.25, -0.2) is 4.98 Å². The molecule has 4 N–H and O–H groups in total. The number of aromatic nitrogens is 1. The van der Waals surface area contributed by atoms with Crippen molar-refractivity contribution < 1.29 is 9.90 Å². The molecular weight excluding hydrogens is 182 g/mol. The van der Waals surface area contributed by atoms with Gasteiger partial charge in [0, 0.05) is 6.20 Å². The maximum Gasteiger partial charge on any atom is 0.322 e. The third kappa shape index (κ3) is 2.70. The second-order valence-corrected chi connectivity index (χ2v) is 3.01. The zero-order valence-electron chi connectivity index (χ0n) is 7.84. The van der Waals surface area contributed by atoms with Gasteiger partial charge in [0.1, 0.15) is 11.9 Å². The molecule has 76 valence electrons. The topological polar surface area (TPSA) is 88.2 Å². The van der Waals surface area contributed by atoms with Gasteiger partial charge in [-0.3, -0.25) is 4.79 Å². The molecule has 0 radical (unpaired) electrons. The molecule has 0 aromatic carbocycles. The number of carbonyl (C=O) groups is 1. The fraction of sp³-hybridized carbons (Fsp3) is 0.333. The number of anilines is 1. The van der Waals surface area contributed by atoms with Crippen molar-refractivity contribution in [1.29, 1.82) is 0 Å². The lowest BCUT2D eigenvalue weighted by molar-refractivity contribution is -0.138. The van der Waals surface area contributed by atoms with Crippen LogP contribution in [0.25, 0.3) is 0 Å². The van der Waals surface area contributed by atoms with Crippen LogP contribution in [0.1, 0.15) is 6.92 Å². The molecule has 0 bridgehead atoms. The number of carboxylic acids is 1. The van der Waals surface area contributed by atoms with Crippen LogP contribution in [0, 0.1) is 0 Å². The molecule has 1 heterocycles. The molecular formula is C9H13N3O2. The van der Waals surface area contributed by atoms with Crippen LogP contribution in [0.5, 0.6) is 0 Å². The Hall–Kier alpha value is -1.62. The van der Waals surface area contributed by atoms with Crippen molar-refractivity contribution in [3.8, 4) is 0 Å². The van der Waals surface area contributed by atoms with Crippen molar-refractivity contribution >= 4 is 11.8 Å². The van der Waals surface area contributed by atoms with Crippen LogP contribution >= 0.6 is 0 Å².